The first-order valence-corrected chi connectivity index (χ1v) is 13.5. The first-order valence-electron chi connectivity index (χ1n) is 11.9. The predicted molar refractivity (Wildman–Crippen MR) is 149 cm³/mol. The third-order valence-corrected chi connectivity index (χ3v) is 6.99. The van der Waals surface area contributed by atoms with Gasteiger partial charge in [0.25, 0.3) is 11.4 Å². The second-order valence-corrected chi connectivity index (χ2v) is 10.5. The van der Waals surface area contributed by atoms with E-state index >= 15 is 0 Å². The Morgan fingerprint density at radius 2 is 1.73 bits per heavy atom. The van der Waals surface area contributed by atoms with Crippen molar-refractivity contribution in [2.45, 2.75) is 26.3 Å². The second kappa shape index (κ2) is 13.6. The monoisotopic (exact) mass is 682 g/mol. The standard InChI is InChI=1S/C18H20BrN3O5.C7H4BrNO4/c1-3-27-18(23)14-9-20-21(15-6-7-26-10-11(15)2)17(14)13-5-4-12(19)8-16(13)22(24)25;8-4-1-2-5(7(10)11)6(3-4)9(12)13/h4-5,8-9,11,15H,3,6-7,10H2,1-2H3;1-3H,(H,10,11). The highest BCUT2D eigenvalue weighted by Gasteiger charge is 2.32. The summed E-state index contributed by atoms with van der Waals surface area (Å²) in [5, 5.41) is 35.1. The summed E-state index contributed by atoms with van der Waals surface area (Å²) in [6.07, 6.45) is 2.14. The number of rotatable bonds is 7. The highest BCUT2D eigenvalue weighted by atomic mass is 79.9. The van der Waals surface area contributed by atoms with E-state index < -0.39 is 27.5 Å². The van der Waals surface area contributed by atoms with Crippen molar-refractivity contribution in [1.82, 2.24) is 9.78 Å². The maximum Gasteiger partial charge on any atom is 0.342 e. The summed E-state index contributed by atoms with van der Waals surface area (Å²) in [5.41, 5.74) is 0.140. The van der Waals surface area contributed by atoms with Gasteiger partial charge in [0.05, 0.1) is 46.6 Å². The van der Waals surface area contributed by atoms with E-state index in [-0.39, 0.29) is 35.4 Å². The number of ether oxygens (including phenoxy) is 2. The molecule has 2 aromatic carbocycles. The highest BCUT2D eigenvalue weighted by Crippen LogP contribution is 2.38. The van der Waals surface area contributed by atoms with Crippen LogP contribution in [0, 0.1) is 26.1 Å². The Hall–Kier alpha value is -3.69. The first kappa shape index (κ1) is 30.8. The van der Waals surface area contributed by atoms with Crippen molar-refractivity contribution >= 4 is 55.2 Å². The van der Waals surface area contributed by atoms with Crippen LogP contribution in [0.1, 0.15) is 47.0 Å². The van der Waals surface area contributed by atoms with E-state index in [0.717, 1.165) is 6.07 Å². The van der Waals surface area contributed by atoms with E-state index in [1.807, 2.05) is 6.92 Å². The lowest BCUT2D eigenvalue weighted by molar-refractivity contribution is -0.385. The van der Waals surface area contributed by atoms with Gasteiger partial charge < -0.3 is 14.6 Å². The molecule has 0 bridgehead atoms. The number of hydrogen-bond donors (Lipinski definition) is 1. The number of carboxylic acid groups (broad SMARTS) is 1. The molecule has 13 nitrogen and oxygen atoms in total. The number of benzene rings is 2. The molecule has 1 saturated heterocycles. The minimum absolute atomic E-state index is 0.0276. The number of hydrogen-bond acceptors (Lipinski definition) is 9. The molecule has 0 radical (unpaired) electrons. The minimum Gasteiger partial charge on any atom is -0.477 e. The average molecular weight is 684 g/mol. The molecule has 0 spiro atoms. The third-order valence-electron chi connectivity index (χ3n) is 6.00. The molecule has 2 heterocycles. The van der Waals surface area contributed by atoms with E-state index in [1.165, 1.54) is 24.4 Å². The van der Waals surface area contributed by atoms with Gasteiger partial charge in [0, 0.05) is 33.6 Å². The molecule has 15 heteroatoms. The lowest BCUT2D eigenvalue weighted by Crippen LogP contribution is -2.29. The van der Waals surface area contributed by atoms with Gasteiger partial charge in [-0.15, -0.1) is 0 Å². The number of aromatic carboxylic acids is 1. The van der Waals surface area contributed by atoms with Crippen molar-refractivity contribution in [3.63, 3.8) is 0 Å². The van der Waals surface area contributed by atoms with E-state index in [4.69, 9.17) is 14.6 Å². The van der Waals surface area contributed by atoms with Crippen molar-refractivity contribution in [3.8, 4) is 11.3 Å². The number of nitro groups is 2. The number of aromatic nitrogens is 2. The van der Waals surface area contributed by atoms with Gasteiger partial charge in [-0.1, -0.05) is 38.8 Å². The van der Waals surface area contributed by atoms with Gasteiger partial charge in [0.1, 0.15) is 11.1 Å². The molecule has 1 aliphatic rings. The van der Waals surface area contributed by atoms with Gasteiger partial charge in [-0.05, 0) is 37.6 Å². The largest absolute Gasteiger partial charge is 0.477 e. The maximum atomic E-state index is 12.5. The zero-order chi connectivity index (χ0) is 29.6. The van der Waals surface area contributed by atoms with Crippen LogP contribution in [-0.4, -0.2) is 56.5 Å². The Morgan fingerprint density at radius 1 is 1.10 bits per heavy atom. The van der Waals surface area contributed by atoms with Crippen molar-refractivity contribution in [2.75, 3.05) is 19.8 Å². The fraction of sp³-hybridized carbons (Fsp3) is 0.320. The van der Waals surface area contributed by atoms with Gasteiger partial charge >= 0.3 is 11.9 Å². The van der Waals surface area contributed by atoms with Gasteiger partial charge in [-0.25, -0.2) is 9.59 Å². The van der Waals surface area contributed by atoms with E-state index in [1.54, 1.807) is 23.7 Å². The SMILES string of the molecule is CCOC(=O)c1cnn(C2CCOCC2C)c1-c1ccc(Br)cc1[N+](=O)[O-].O=C(O)c1ccc(Br)cc1[N+](=O)[O-]. The van der Waals surface area contributed by atoms with Gasteiger partial charge in [-0.2, -0.15) is 5.10 Å². The number of nitrogens with zero attached hydrogens (tertiary/aromatic N) is 4. The summed E-state index contributed by atoms with van der Waals surface area (Å²) in [6, 6.07) is 8.52. The Labute approximate surface area is 244 Å². The highest BCUT2D eigenvalue weighted by molar-refractivity contribution is 9.10. The van der Waals surface area contributed by atoms with Crippen molar-refractivity contribution in [1.29, 1.82) is 0 Å². The number of carbonyl (C=O) groups is 2. The summed E-state index contributed by atoms with van der Waals surface area (Å²) >= 11 is 6.29. The maximum absolute atomic E-state index is 12.5. The Morgan fingerprint density at radius 3 is 2.30 bits per heavy atom. The van der Waals surface area contributed by atoms with Gasteiger partial charge in [0.2, 0.25) is 0 Å². The van der Waals surface area contributed by atoms with Crippen LogP contribution >= 0.6 is 31.9 Å². The van der Waals surface area contributed by atoms with Gasteiger partial charge in [0.15, 0.2) is 0 Å². The van der Waals surface area contributed by atoms with Crippen molar-refractivity contribution in [3.05, 3.63) is 82.9 Å². The Kier molecular flexibility index (Phi) is 10.5. The van der Waals surface area contributed by atoms with E-state index in [0.29, 0.717) is 39.8 Å². The minimum atomic E-state index is -1.31. The second-order valence-electron chi connectivity index (χ2n) is 8.62. The lowest BCUT2D eigenvalue weighted by atomic mass is 9.96. The molecule has 3 aromatic rings. The van der Waals surface area contributed by atoms with E-state index in [9.17, 15) is 29.8 Å². The van der Waals surface area contributed by atoms with Gasteiger partial charge in [-0.3, -0.25) is 24.9 Å². The Balaban J connectivity index is 0.000000285. The van der Waals surface area contributed by atoms with Crippen LogP contribution in [0.3, 0.4) is 0 Å². The predicted octanol–water partition coefficient (Wildman–Crippen LogP) is 6.05. The van der Waals surface area contributed by atoms with E-state index in [2.05, 4.69) is 37.0 Å². The number of halogens is 2. The normalized spacial score (nSPS) is 16.4. The topological polar surface area (TPSA) is 177 Å². The number of carbonyl (C=O) groups excluding carboxylic acids is 1. The zero-order valence-electron chi connectivity index (χ0n) is 21.3. The quantitative estimate of drug-likeness (QED) is 0.175. The smallest absolute Gasteiger partial charge is 0.342 e. The van der Waals surface area contributed by atoms with Crippen LogP contribution in [0.2, 0.25) is 0 Å². The Bertz CT molecular complexity index is 1440. The molecular formula is C25H24Br2N4O9. The van der Waals surface area contributed by atoms with Crippen molar-refractivity contribution in [2.24, 2.45) is 5.92 Å². The summed E-state index contributed by atoms with van der Waals surface area (Å²) in [6.45, 7) is 5.10. The van der Waals surface area contributed by atoms with Crippen LogP contribution in [0.5, 0.6) is 0 Å². The third kappa shape index (κ3) is 7.08. The van der Waals surface area contributed by atoms with Crippen LogP contribution in [0.15, 0.2) is 51.5 Å². The number of carboxylic acids is 1. The molecule has 1 N–H and O–H groups in total. The first-order chi connectivity index (χ1) is 19.0. The fourth-order valence-electron chi connectivity index (χ4n) is 4.17. The summed E-state index contributed by atoms with van der Waals surface area (Å²) in [5.74, 6) is -1.70. The molecule has 1 fully saturated rings. The van der Waals surface area contributed by atoms with Crippen LogP contribution in [-0.2, 0) is 9.47 Å². The molecular weight excluding hydrogens is 660 g/mol. The molecule has 212 valence electrons. The summed E-state index contributed by atoms with van der Waals surface area (Å²) < 4.78 is 13.4. The zero-order valence-corrected chi connectivity index (χ0v) is 24.5. The molecule has 1 aliphatic heterocycles. The molecule has 0 amide bonds. The number of esters is 1. The molecule has 0 aliphatic carbocycles. The summed E-state index contributed by atoms with van der Waals surface area (Å²) in [7, 11) is 0. The molecule has 40 heavy (non-hydrogen) atoms. The molecule has 0 saturated carbocycles. The van der Waals surface area contributed by atoms with Crippen LogP contribution in [0.25, 0.3) is 11.3 Å². The van der Waals surface area contributed by atoms with Crippen molar-refractivity contribution < 1.29 is 34.0 Å². The average Bonchev–Trinajstić information content (AvgIpc) is 3.34. The molecule has 4 rings (SSSR count). The lowest BCUT2D eigenvalue weighted by Gasteiger charge is -2.30. The molecule has 1 aromatic heterocycles. The van der Waals surface area contributed by atoms with Crippen LogP contribution in [0.4, 0.5) is 11.4 Å². The van der Waals surface area contributed by atoms with Crippen LogP contribution < -0.4 is 0 Å². The number of nitro benzene ring substituents is 2. The summed E-state index contributed by atoms with van der Waals surface area (Å²) in [4.78, 5) is 43.9. The molecule has 2 atom stereocenters. The molecule has 2 unspecified atom stereocenters. The fourth-order valence-corrected chi connectivity index (χ4v) is 4.86.